The zero-order valence-corrected chi connectivity index (χ0v) is 15.6. The van der Waals surface area contributed by atoms with Gasteiger partial charge in [0, 0.05) is 30.2 Å². The van der Waals surface area contributed by atoms with Crippen molar-refractivity contribution in [3.8, 4) is 22.8 Å². The SMILES string of the molecule is Cc1ncc2c(c1-c1noc(-c3cnn(Cc4ccccc4)c3)n1)CCNC2. The molecule has 7 heteroatoms. The second-order valence-corrected chi connectivity index (χ2v) is 6.98. The average molecular weight is 372 g/mol. The lowest BCUT2D eigenvalue weighted by Gasteiger charge is -2.19. The molecule has 140 valence electrons. The minimum Gasteiger partial charge on any atom is -0.333 e. The Morgan fingerprint density at radius 3 is 2.96 bits per heavy atom. The first-order chi connectivity index (χ1) is 13.8. The zero-order chi connectivity index (χ0) is 18.9. The summed E-state index contributed by atoms with van der Waals surface area (Å²) in [5.41, 5.74) is 6.38. The van der Waals surface area contributed by atoms with E-state index in [-0.39, 0.29) is 0 Å². The number of aromatic nitrogens is 5. The van der Waals surface area contributed by atoms with Crippen LogP contribution in [-0.4, -0.2) is 31.4 Å². The number of rotatable bonds is 4. The van der Waals surface area contributed by atoms with Gasteiger partial charge in [-0.2, -0.15) is 10.1 Å². The second kappa shape index (κ2) is 7.01. The van der Waals surface area contributed by atoms with E-state index in [1.54, 1.807) is 6.20 Å². The molecule has 0 fully saturated rings. The van der Waals surface area contributed by atoms with Gasteiger partial charge < -0.3 is 9.84 Å². The quantitative estimate of drug-likeness (QED) is 0.593. The normalized spacial score (nSPS) is 13.5. The Balaban J connectivity index is 1.45. The largest absolute Gasteiger partial charge is 0.333 e. The fraction of sp³-hybridized carbons (Fsp3) is 0.238. The van der Waals surface area contributed by atoms with Crippen molar-refractivity contribution in [2.75, 3.05) is 6.54 Å². The van der Waals surface area contributed by atoms with Gasteiger partial charge in [-0.1, -0.05) is 35.5 Å². The maximum atomic E-state index is 5.56. The monoisotopic (exact) mass is 372 g/mol. The smallest absolute Gasteiger partial charge is 0.261 e. The molecule has 0 saturated heterocycles. The highest BCUT2D eigenvalue weighted by Crippen LogP contribution is 2.30. The molecule has 0 atom stereocenters. The summed E-state index contributed by atoms with van der Waals surface area (Å²) in [4.78, 5) is 9.17. The molecule has 4 aromatic rings. The van der Waals surface area contributed by atoms with Crippen molar-refractivity contribution in [3.05, 3.63) is 71.3 Å². The molecule has 0 amide bonds. The van der Waals surface area contributed by atoms with E-state index in [4.69, 9.17) is 4.52 Å². The zero-order valence-electron chi connectivity index (χ0n) is 15.6. The third kappa shape index (κ3) is 3.10. The molecule has 0 radical (unpaired) electrons. The van der Waals surface area contributed by atoms with Crippen LogP contribution in [0.3, 0.4) is 0 Å². The van der Waals surface area contributed by atoms with Gasteiger partial charge in [0.25, 0.3) is 5.89 Å². The van der Waals surface area contributed by atoms with Crippen molar-refractivity contribution in [2.45, 2.75) is 26.4 Å². The molecule has 0 spiro atoms. The molecule has 0 aliphatic carbocycles. The fourth-order valence-electron chi connectivity index (χ4n) is 3.64. The average Bonchev–Trinajstić information content (AvgIpc) is 3.38. The van der Waals surface area contributed by atoms with Crippen LogP contribution in [-0.2, 0) is 19.5 Å². The van der Waals surface area contributed by atoms with Crippen LogP contribution in [0.1, 0.15) is 22.4 Å². The van der Waals surface area contributed by atoms with Gasteiger partial charge in [0.15, 0.2) is 0 Å². The lowest BCUT2D eigenvalue weighted by atomic mass is 9.95. The molecule has 4 heterocycles. The van der Waals surface area contributed by atoms with E-state index >= 15 is 0 Å². The van der Waals surface area contributed by atoms with Gasteiger partial charge in [0.2, 0.25) is 5.82 Å². The molecule has 0 saturated carbocycles. The van der Waals surface area contributed by atoms with Crippen molar-refractivity contribution in [1.29, 1.82) is 0 Å². The van der Waals surface area contributed by atoms with Crippen LogP contribution in [0.25, 0.3) is 22.8 Å². The maximum Gasteiger partial charge on any atom is 0.261 e. The fourth-order valence-corrected chi connectivity index (χ4v) is 3.64. The van der Waals surface area contributed by atoms with Crippen LogP contribution >= 0.6 is 0 Å². The summed E-state index contributed by atoms with van der Waals surface area (Å²) in [6.07, 6.45) is 6.57. The Morgan fingerprint density at radius 2 is 2.07 bits per heavy atom. The van der Waals surface area contributed by atoms with Gasteiger partial charge in [0.05, 0.1) is 18.3 Å². The van der Waals surface area contributed by atoms with Crippen molar-refractivity contribution in [3.63, 3.8) is 0 Å². The lowest BCUT2D eigenvalue weighted by molar-refractivity contribution is 0.432. The van der Waals surface area contributed by atoms with Crippen LogP contribution in [0.2, 0.25) is 0 Å². The van der Waals surface area contributed by atoms with E-state index in [9.17, 15) is 0 Å². The Hall–Kier alpha value is -3.32. The van der Waals surface area contributed by atoms with Crippen LogP contribution in [0, 0.1) is 6.92 Å². The first kappa shape index (κ1) is 16.8. The van der Waals surface area contributed by atoms with E-state index < -0.39 is 0 Å². The van der Waals surface area contributed by atoms with Crippen molar-refractivity contribution in [2.24, 2.45) is 0 Å². The molecule has 1 aromatic carbocycles. The van der Waals surface area contributed by atoms with Gasteiger partial charge in [-0.05, 0) is 36.6 Å². The van der Waals surface area contributed by atoms with Crippen molar-refractivity contribution in [1.82, 2.24) is 30.2 Å². The molecule has 1 aliphatic rings. The number of pyridine rings is 1. The topological polar surface area (TPSA) is 81.7 Å². The van der Waals surface area contributed by atoms with E-state index in [0.29, 0.717) is 18.3 Å². The number of fused-ring (bicyclic) bond motifs is 1. The van der Waals surface area contributed by atoms with Gasteiger partial charge in [0.1, 0.15) is 0 Å². The summed E-state index contributed by atoms with van der Waals surface area (Å²) in [6.45, 7) is 4.46. The molecule has 28 heavy (non-hydrogen) atoms. The van der Waals surface area contributed by atoms with Crippen LogP contribution in [0.15, 0.2) is 53.4 Å². The summed E-state index contributed by atoms with van der Waals surface area (Å²) in [7, 11) is 0. The first-order valence-corrected chi connectivity index (χ1v) is 9.37. The van der Waals surface area contributed by atoms with Crippen molar-refractivity contribution < 1.29 is 4.52 Å². The molecular formula is C21H20N6O. The summed E-state index contributed by atoms with van der Waals surface area (Å²) in [5, 5.41) is 12.0. The minimum absolute atomic E-state index is 0.472. The number of nitrogens with zero attached hydrogens (tertiary/aromatic N) is 5. The Kier molecular flexibility index (Phi) is 4.21. The molecule has 3 aromatic heterocycles. The first-order valence-electron chi connectivity index (χ1n) is 9.37. The van der Waals surface area contributed by atoms with Crippen LogP contribution in [0.5, 0.6) is 0 Å². The summed E-state index contributed by atoms with van der Waals surface area (Å²) in [6, 6.07) is 10.2. The van der Waals surface area contributed by atoms with E-state index in [1.165, 1.54) is 16.7 Å². The number of hydrogen-bond donors (Lipinski definition) is 1. The Labute approximate surface area is 162 Å². The third-order valence-corrected chi connectivity index (χ3v) is 5.05. The molecule has 5 rings (SSSR count). The van der Waals surface area contributed by atoms with Crippen molar-refractivity contribution >= 4 is 0 Å². The second-order valence-electron chi connectivity index (χ2n) is 6.98. The molecule has 1 aliphatic heterocycles. The highest BCUT2D eigenvalue weighted by molar-refractivity contribution is 5.66. The van der Waals surface area contributed by atoms with E-state index in [0.717, 1.165) is 36.3 Å². The van der Waals surface area contributed by atoms with Crippen LogP contribution < -0.4 is 5.32 Å². The highest BCUT2D eigenvalue weighted by atomic mass is 16.5. The summed E-state index contributed by atoms with van der Waals surface area (Å²) >= 11 is 0. The number of nitrogens with one attached hydrogen (secondary N) is 1. The minimum atomic E-state index is 0.472. The number of aryl methyl sites for hydroxylation is 1. The predicted octanol–water partition coefficient (Wildman–Crippen LogP) is 3.00. The molecule has 1 N–H and O–H groups in total. The standard InChI is InChI=1S/C21H20N6O/c1-14-19(18-7-8-22-9-16(18)10-23-14)20-25-21(28-26-20)17-11-24-27(13-17)12-15-5-3-2-4-6-15/h2-6,10-11,13,22H,7-9,12H2,1H3. The third-order valence-electron chi connectivity index (χ3n) is 5.05. The van der Waals surface area contributed by atoms with Gasteiger partial charge in [-0.3, -0.25) is 9.67 Å². The molecule has 0 unspecified atom stereocenters. The maximum absolute atomic E-state index is 5.56. The Morgan fingerprint density at radius 1 is 1.18 bits per heavy atom. The van der Waals surface area contributed by atoms with E-state index in [2.05, 4.69) is 37.7 Å². The van der Waals surface area contributed by atoms with Gasteiger partial charge in [-0.15, -0.1) is 0 Å². The summed E-state index contributed by atoms with van der Waals surface area (Å²) < 4.78 is 7.43. The van der Waals surface area contributed by atoms with E-state index in [1.807, 2.05) is 42.2 Å². The van der Waals surface area contributed by atoms with Crippen LogP contribution in [0.4, 0.5) is 0 Å². The predicted molar refractivity (Wildman–Crippen MR) is 104 cm³/mol. The number of benzene rings is 1. The van der Waals surface area contributed by atoms with Gasteiger partial charge >= 0.3 is 0 Å². The molecular weight excluding hydrogens is 352 g/mol. The molecule has 0 bridgehead atoms. The lowest BCUT2D eigenvalue weighted by Crippen LogP contribution is -2.24. The highest BCUT2D eigenvalue weighted by Gasteiger charge is 2.21. The summed E-state index contributed by atoms with van der Waals surface area (Å²) in [5.74, 6) is 1.06. The van der Waals surface area contributed by atoms with Gasteiger partial charge in [-0.25, -0.2) is 0 Å². The Bertz CT molecular complexity index is 1120. The molecule has 7 nitrogen and oxygen atoms in total. The number of hydrogen-bond acceptors (Lipinski definition) is 6.